The topological polar surface area (TPSA) is 79.4 Å². The van der Waals surface area contributed by atoms with E-state index in [1.165, 1.54) is 0 Å². The fourth-order valence-electron chi connectivity index (χ4n) is 3.69. The summed E-state index contributed by atoms with van der Waals surface area (Å²) >= 11 is 0. The van der Waals surface area contributed by atoms with Crippen molar-refractivity contribution in [1.29, 1.82) is 0 Å². The van der Waals surface area contributed by atoms with Gasteiger partial charge in [0.15, 0.2) is 28.8 Å². The number of hydrogen-bond donors (Lipinski definition) is 0. The van der Waals surface area contributed by atoms with Crippen molar-refractivity contribution in [3.8, 4) is 28.7 Å². The van der Waals surface area contributed by atoms with Crippen molar-refractivity contribution < 1.29 is 28.5 Å². The molecular weight excluding hydrogens is 424 g/mol. The van der Waals surface area contributed by atoms with Crippen LogP contribution in [0.1, 0.15) is 15.9 Å². The van der Waals surface area contributed by atoms with E-state index in [0.29, 0.717) is 59.9 Å². The normalized spacial score (nSPS) is 12.1. The monoisotopic (exact) mass is 450 g/mol. The molecule has 172 valence electrons. The molecule has 2 aromatic carbocycles. The summed E-state index contributed by atoms with van der Waals surface area (Å²) in [6.07, 6.45) is 1.70. The predicted octanol–water partition coefficient (Wildman–Crippen LogP) is 3.77. The van der Waals surface area contributed by atoms with E-state index in [2.05, 4.69) is 4.98 Å². The lowest BCUT2D eigenvalue weighted by Crippen LogP contribution is -2.30. The first kappa shape index (κ1) is 22.3. The number of Topliss-reactive ketones (excluding diaryl/α,β-unsaturated/α-hetero) is 1. The highest BCUT2D eigenvalue weighted by Gasteiger charge is 2.20. The van der Waals surface area contributed by atoms with Gasteiger partial charge in [-0.3, -0.25) is 4.79 Å². The maximum absolute atomic E-state index is 13.2. The summed E-state index contributed by atoms with van der Waals surface area (Å²) in [6, 6.07) is 14.6. The number of nitrogens with zero attached hydrogens (tertiary/aromatic N) is 2. The lowest BCUT2D eigenvalue weighted by atomic mass is 10.1. The molecule has 3 aromatic rings. The number of pyridine rings is 1. The van der Waals surface area contributed by atoms with Crippen LogP contribution in [0.2, 0.25) is 0 Å². The van der Waals surface area contributed by atoms with Crippen molar-refractivity contribution in [1.82, 2.24) is 4.98 Å². The van der Waals surface area contributed by atoms with Crippen molar-refractivity contribution in [3.05, 3.63) is 65.9 Å². The molecule has 1 aliphatic rings. The number of rotatable bonds is 9. The molecule has 0 bridgehead atoms. The first-order valence-electron chi connectivity index (χ1n) is 10.5. The Bertz CT molecular complexity index is 1090. The molecule has 33 heavy (non-hydrogen) atoms. The van der Waals surface area contributed by atoms with Crippen LogP contribution in [0.5, 0.6) is 28.7 Å². The second-order valence-corrected chi connectivity index (χ2v) is 7.36. The Kier molecular flexibility index (Phi) is 6.83. The van der Waals surface area contributed by atoms with E-state index < -0.39 is 0 Å². The fourth-order valence-corrected chi connectivity index (χ4v) is 3.69. The number of ketones is 1. The number of carbonyl (C=O) groups is 1. The molecule has 1 aliphatic heterocycles. The largest absolute Gasteiger partial charge is 0.493 e. The van der Waals surface area contributed by atoms with Crippen LogP contribution in [0.15, 0.2) is 54.7 Å². The van der Waals surface area contributed by atoms with E-state index >= 15 is 0 Å². The van der Waals surface area contributed by atoms with Crippen LogP contribution < -0.4 is 28.6 Å². The number of hydrogen-bond acceptors (Lipinski definition) is 8. The Balaban J connectivity index is 1.62. The third-order valence-corrected chi connectivity index (χ3v) is 5.27. The third-order valence-electron chi connectivity index (χ3n) is 5.27. The predicted molar refractivity (Wildman–Crippen MR) is 123 cm³/mol. The van der Waals surface area contributed by atoms with Gasteiger partial charge in [-0.1, -0.05) is 6.07 Å². The van der Waals surface area contributed by atoms with Crippen LogP contribution in [0.4, 0.5) is 5.82 Å². The number of carbonyl (C=O) groups excluding carboxylic acids is 1. The SMILES string of the molecule is COc1cc(CN(CC(=O)c2ccc3c(c2)OCCO3)c2ccccn2)cc(OC)c1OC. The smallest absolute Gasteiger partial charge is 0.203 e. The van der Waals surface area contributed by atoms with E-state index in [0.717, 1.165) is 5.56 Å². The maximum Gasteiger partial charge on any atom is 0.203 e. The summed E-state index contributed by atoms with van der Waals surface area (Å²) in [5.74, 6) is 3.46. The number of fused-ring (bicyclic) bond motifs is 1. The highest BCUT2D eigenvalue weighted by molar-refractivity contribution is 5.99. The van der Waals surface area contributed by atoms with Crippen molar-refractivity contribution in [2.24, 2.45) is 0 Å². The molecule has 0 radical (unpaired) electrons. The van der Waals surface area contributed by atoms with Crippen LogP contribution in [0.25, 0.3) is 0 Å². The Morgan fingerprint density at radius 1 is 0.939 bits per heavy atom. The van der Waals surface area contributed by atoms with Crippen LogP contribution in [-0.2, 0) is 6.54 Å². The Morgan fingerprint density at radius 2 is 1.67 bits per heavy atom. The summed E-state index contributed by atoms with van der Waals surface area (Å²) in [5, 5.41) is 0. The number of anilines is 1. The summed E-state index contributed by atoms with van der Waals surface area (Å²) < 4.78 is 27.6. The van der Waals surface area contributed by atoms with Gasteiger partial charge < -0.3 is 28.6 Å². The molecule has 2 heterocycles. The lowest BCUT2D eigenvalue weighted by molar-refractivity contribution is 0.0997. The zero-order chi connectivity index (χ0) is 23.2. The highest BCUT2D eigenvalue weighted by atomic mass is 16.6. The van der Waals surface area contributed by atoms with Crippen molar-refractivity contribution >= 4 is 11.6 Å². The molecule has 0 saturated heterocycles. The molecule has 8 nitrogen and oxygen atoms in total. The zero-order valence-corrected chi connectivity index (χ0v) is 18.9. The van der Waals surface area contributed by atoms with Gasteiger partial charge in [-0.25, -0.2) is 4.98 Å². The standard InChI is InChI=1S/C25H26N2O6/c1-29-22-12-17(13-23(30-2)25(22)31-3)15-27(24-6-4-5-9-26-24)16-19(28)18-7-8-20-21(14-18)33-11-10-32-20/h4-9,12-14H,10-11,15-16H2,1-3H3. The number of ether oxygens (including phenoxy) is 5. The van der Waals surface area contributed by atoms with Gasteiger partial charge in [0, 0.05) is 18.3 Å². The molecule has 0 fully saturated rings. The third kappa shape index (κ3) is 4.95. The van der Waals surface area contributed by atoms with Crippen LogP contribution in [-0.4, -0.2) is 51.9 Å². The summed E-state index contributed by atoms with van der Waals surface area (Å²) in [5.41, 5.74) is 1.43. The van der Waals surface area contributed by atoms with Gasteiger partial charge in [0.05, 0.1) is 27.9 Å². The number of aromatic nitrogens is 1. The van der Waals surface area contributed by atoms with Gasteiger partial charge >= 0.3 is 0 Å². The van der Waals surface area contributed by atoms with Crippen LogP contribution >= 0.6 is 0 Å². The second kappa shape index (κ2) is 10.1. The van der Waals surface area contributed by atoms with Crippen molar-refractivity contribution in [3.63, 3.8) is 0 Å². The number of benzene rings is 2. The van der Waals surface area contributed by atoms with Crippen LogP contribution in [0, 0.1) is 0 Å². The quantitative estimate of drug-likeness (QED) is 0.456. The molecule has 1 aromatic heterocycles. The van der Waals surface area contributed by atoms with Gasteiger partial charge in [0.2, 0.25) is 5.75 Å². The molecule has 8 heteroatoms. The Morgan fingerprint density at radius 3 is 2.30 bits per heavy atom. The van der Waals surface area contributed by atoms with E-state index in [1.54, 1.807) is 45.7 Å². The molecule has 0 spiro atoms. The van der Waals surface area contributed by atoms with E-state index in [4.69, 9.17) is 23.7 Å². The van der Waals surface area contributed by atoms with E-state index in [1.807, 2.05) is 35.2 Å². The molecule has 0 N–H and O–H groups in total. The Hall–Kier alpha value is -3.94. The molecule has 0 saturated carbocycles. The van der Waals surface area contributed by atoms with Gasteiger partial charge in [-0.15, -0.1) is 0 Å². The van der Waals surface area contributed by atoms with Crippen molar-refractivity contribution in [2.45, 2.75) is 6.54 Å². The van der Waals surface area contributed by atoms with E-state index in [-0.39, 0.29) is 12.3 Å². The van der Waals surface area contributed by atoms with Gasteiger partial charge in [0.25, 0.3) is 0 Å². The summed E-state index contributed by atoms with van der Waals surface area (Å²) in [6.45, 7) is 1.49. The molecule has 4 rings (SSSR count). The second-order valence-electron chi connectivity index (χ2n) is 7.36. The molecule has 0 aliphatic carbocycles. The van der Waals surface area contributed by atoms with Crippen molar-refractivity contribution in [2.75, 3.05) is 46.0 Å². The average Bonchev–Trinajstić information content (AvgIpc) is 2.87. The molecule has 0 amide bonds. The first-order valence-corrected chi connectivity index (χ1v) is 10.5. The summed E-state index contributed by atoms with van der Waals surface area (Å²) in [7, 11) is 4.71. The maximum atomic E-state index is 13.2. The minimum atomic E-state index is -0.0648. The first-order chi connectivity index (χ1) is 16.1. The van der Waals surface area contributed by atoms with E-state index in [9.17, 15) is 4.79 Å². The van der Waals surface area contributed by atoms with Gasteiger partial charge in [-0.2, -0.15) is 0 Å². The molecule has 0 unspecified atom stereocenters. The molecule has 0 atom stereocenters. The van der Waals surface area contributed by atoms with Gasteiger partial charge in [-0.05, 0) is 48.0 Å². The fraction of sp³-hybridized carbons (Fsp3) is 0.280. The minimum Gasteiger partial charge on any atom is -0.493 e. The highest BCUT2D eigenvalue weighted by Crippen LogP contribution is 2.38. The summed E-state index contributed by atoms with van der Waals surface area (Å²) in [4.78, 5) is 19.6. The van der Waals surface area contributed by atoms with Gasteiger partial charge in [0.1, 0.15) is 19.0 Å². The Labute approximate surface area is 192 Å². The minimum absolute atomic E-state index is 0.0648. The number of methoxy groups -OCH3 is 3. The van der Waals surface area contributed by atoms with Crippen LogP contribution in [0.3, 0.4) is 0 Å². The zero-order valence-electron chi connectivity index (χ0n) is 18.9. The average molecular weight is 450 g/mol. The lowest BCUT2D eigenvalue weighted by Gasteiger charge is -2.24. The molecular formula is C25H26N2O6.